The summed E-state index contributed by atoms with van der Waals surface area (Å²) in [6.07, 6.45) is 1.77. The topological polar surface area (TPSA) is 59.3 Å². The van der Waals surface area contributed by atoms with Gasteiger partial charge < -0.3 is 9.67 Å². The minimum Gasteiger partial charge on any atom is -0.478 e. The second-order valence-electron chi connectivity index (χ2n) is 5.33. The number of aryl methyl sites for hydroxylation is 1. The molecule has 4 nitrogen and oxygen atoms in total. The molecule has 1 aromatic rings. The summed E-state index contributed by atoms with van der Waals surface area (Å²) in [6, 6.07) is 1.41. The van der Waals surface area contributed by atoms with Gasteiger partial charge in [0.15, 0.2) is 0 Å². The molecule has 1 N–H and O–H groups in total. The second kappa shape index (κ2) is 4.96. The van der Waals surface area contributed by atoms with E-state index in [2.05, 4.69) is 6.92 Å². The smallest absolute Gasteiger partial charge is 0.337 e. The fraction of sp³-hybridized carbons (Fsp3) is 0.571. The van der Waals surface area contributed by atoms with E-state index < -0.39 is 5.97 Å². The average molecular weight is 251 g/mol. The number of carboxylic acid groups (broad SMARTS) is 1. The van der Waals surface area contributed by atoms with Gasteiger partial charge in [-0.25, -0.2) is 4.79 Å². The Bertz CT molecular complexity index is 527. The number of hydrogen-bond donors (Lipinski definition) is 1. The Labute approximate surface area is 107 Å². The molecule has 4 heteroatoms. The van der Waals surface area contributed by atoms with Crippen LogP contribution in [0.4, 0.5) is 0 Å². The summed E-state index contributed by atoms with van der Waals surface area (Å²) in [5, 5.41) is 9.24. The zero-order valence-corrected chi connectivity index (χ0v) is 11.7. The largest absolute Gasteiger partial charge is 0.478 e. The van der Waals surface area contributed by atoms with Crippen LogP contribution < -0.4 is 5.56 Å². The van der Waals surface area contributed by atoms with Crippen LogP contribution in [0, 0.1) is 13.8 Å². The van der Waals surface area contributed by atoms with Gasteiger partial charge in [-0.05, 0) is 39.7 Å². The predicted octanol–water partition coefficient (Wildman–Crippen LogP) is 2.70. The number of hydrogen-bond acceptors (Lipinski definition) is 2. The molecule has 0 aliphatic carbocycles. The van der Waals surface area contributed by atoms with Crippen LogP contribution in [0.15, 0.2) is 10.9 Å². The Kier molecular flexibility index (Phi) is 3.99. The van der Waals surface area contributed by atoms with Crippen LogP contribution in [0.1, 0.15) is 55.2 Å². The molecule has 0 spiro atoms. The summed E-state index contributed by atoms with van der Waals surface area (Å²) in [4.78, 5) is 23.4. The number of carboxylic acids is 1. The van der Waals surface area contributed by atoms with Crippen molar-refractivity contribution < 1.29 is 9.90 Å². The molecule has 0 radical (unpaired) electrons. The zero-order valence-electron chi connectivity index (χ0n) is 11.7. The molecule has 0 fully saturated rings. The summed E-state index contributed by atoms with van der Waals surface area (Å²) in [5.41, 5.74) is 0.792. The molecule has 0 bridgehead atoms. The average Bonchev–Trinajstić information content (AvgIpc) is 2.14. The molecular formula is C14H21NO3. The van der Waals surface area contributed by atoms with Gasteiger partial charge in [0.25, 0.3) is 5.56 Å². The van der Waals surface area contributed by atoms with Crippen LogP contribution >= 0.6 is 0 Å². The standard InChI is InChI=1S/C14H21NO3/c1-6-7-14(4,5)15-10(3)12(13(17)18)9(2)8-11(15)16/h8H,6-7H2,1-5H3,(H,17,18). The molecule has 0 aromatic carbocycles. The number of rotatable bonds is 4. The van der Waals surface area contributed by atoms with Crippen LogP contribution in [-0.4, -0.2) is 15.6 Å². The van der Waals surface area contributed by atoms with Crippen LogP contribution in [0.2, 0.25) is 0 Å². The van der Waals surface area contributed by atoms with Crippen molar-refractivity contribution in [3.8, 4) is 0 Å². The summed E-state index contributed by atoms with van der Waals surface area (Å²) >= 11 is 0. The maximum absolute atomic E-state index is 12.1. The van der Waals surface area contributed by atoms with Crippen molar-refractivity contribution in [2.24, 2.45) is 0 Å². The lowest BCUT2D eigenvalue weighted by atomic mass is 9.96. The first kappa shape index (κ1) is 14.5. The monoisotopic (exact) mass is 251 g/mol. The Hall–Kier alpha value is -1.58. The highest BCUT2D eigenvalue weighted by Gasteiger charge is 2.25. The fourth-order valence-electron chi connectivity index (χ4n) is 2.68. The van der Waals surface area contributed by atoms with E-state index in [4.69, 9.17) is 0 Å². The van der Waals surface area contributed by atoms with Gasteiger partial charge >= 0.3 is 5.97 Å². The van der Waals surface area contributed by atoms with Gasteiger partial charge in [-0.3, -0.25) is 4.79 Å². The van der Waals surface area contributed by atoms with E-state index in [0.717, 1.165) is 12.8 Å². The molecule has 18 heavy (non-hydrogen) atoms. The van der Waals surface area contributed by atoms with E-state index in [-0.39, 0.29) is 16.7 Å². The third-order valence-electron chi connectivity index (χ3n) is 3.33. The number of pyridine rings is 1. The van der Waals surface area contributed by atoms with Crippen molar-refractivity contribution in [2.45, 2.75) is 53.0 Å². The van der Waals surface area contributed by atoms with E-state index in [0.29, 0.717) is 11.3 Å². The first-order valence-corrected chi connectivity index (χ1v) is 6.19. The molecule has 0 saturated heterocycles. The van der Waals surface area contributed by atoms with Crippen LogP contribution in [0.3, 0.4) is 0 Å². The van der Waals surface area contributed by atoms with E-state index in [1.54, 1.807) is 18.4 Å². The Morgan fingerprint density at radius 3 is 2.39 bits per heavy atom. The fourth-order valence-corrected chi connectivity index (χ4v) is 2.68. The minimum absolute atomic E-state index is 0.131. The second-order valence-corrected chi connectivity index (χ2v) is 5.33. The summed E-state index contributed by atoms with van der Waals surface area (Å²) in [6.45, 7) is 9.34. The summed E-state index contributed by atoms with van der Waals surface area (Å²) in [5.74, 6) is -0.981. The van der Waals surface area contributed by atoms with Crippen molar-refractivity contribution in [1.82, 2.24) is 4.57 Å². The highest BCUT2D eigenvalue weighted by Crippen LogP contribution is 2.24. The molecule has 100 valence electrons. The Morgan fingerprint density at radius 2 is 1.94 bits per heavy atom. The quantitative estimate of drug-likeness (QED) is 0.895. The van der Waals surface area contributed by atoms with Crippen LogP contribution in [0.5, 0.6) is 0 Å². The lowest BCUT2D eigenvalue weighted by Gasteiger charge is -2.30. The Balaban J connectivity index is 3.60. The van der Waals surface area contributed by atoms with Crippen molar-refractivity contribution in [2.75, 3.05) is 0 Å². The molecule has 1 aromatic heterocycles. The van der Waals surface area contributed by atoms with Gasteiger partial charge in [0.2, 0.25) is 0 Å². The first-order chi connectivity index (χ1) is 8.22. The van der Waals surface area contributed by atoms with Crippen molar-refractivity contribution in [3.63, 3.8) is 0 Å². The molecule has 0 amide bonds. The van der Waals surface area contributed by atoms with Gasteiger partial charge in [0, 0.05) is 17.3 Å². The predicted molar refractivity (Wildman–Crippen MR) is 71.4 cm³/mol. The van der Waals surface area contributed by atoms with Gasteiger partial charge in [-0.1, -0.05) is 13.3 Å². The van der Waals surface area contributed by atoms with Gasteiger partial charge in [-0.2, -0.15) is 0 Å². The molecule has 0 unspecified atom stereocenters. The third kappa shape index (κ3) is 2.47. The number of nitrogens with zero attached hydrogens (tertiary/aromatic N) is 1. The first-order valence-electron chi connectivity index (χ1n) is 6.19. The molecule has 1 heterocycles. The van der Waals surface area contributed by atoms with Gasteiger partial charge in [0.05, 0.1) is 5.56 Å². The molecule has 0 atom stereocenters. The maximum atomic E-state index is 12.1. The van der Waals surface area contributed by atoms with E-state index in [1.165, 1.54) is 6.07 Å². The lowest BCUT2D eigenvalue weighted by Crippen LogP contribution is -2.39. The Morgan fingerprint density at radius 1 is 1.39 bits per heavy atom. The van der Waals surface area contributed by atoms with E-state index >= 15 is 0 Å². The number of carbonyl (C=O) groups is 1. The lowest BCUT2D eigenvalue weighted by molar-refractivity contribution is 0.0693. The third-order valence-corrected chi connectivity index (χ3v) is 3.33. The zero-order chi connectivity index (χ0) is 14.1. The summed E-state index contributed by atoms with van der Waals surface area (Å²) in [7, 11) is 0. The molecule has 0 aliphatic rings. The molecule has 1 rings (SSSR count). The normalized spacial score (nSPS) is 11.6. The highest BCUT2D eigenvalue weighted by atomic mass is 16.4. The molecule has 0 aliphatic heterocycles. The number of aromatic carboxylic acids is 1. The van der Waals surface area contributed by atoms with Crippen LogP contribution in [0.25, 0.3) is 0 Å². The number of aromatic nitrogens is 1. The van der Waals surface area contributed by atoms with Crippen molar-refractivity contribution in [1.29, 1.82) is 0 Å². The van der Waals surface area contributed by atoms with Gasteiger partial charge in [-0.15, -0.1) is 0 Å². The van der Waals surface area contributed by atoms with E-state index in [1.807, 2.05) is 13.8 Å². The minimum atomic E-state index is -0.981. The van der Waals surface area contributed by atoms with Crippen molar-refractivity contribution in [3.05, 3.63) is 33.2 Å². The maximum Gasteiger partial charge on any atom is 0.337 e. The SMILES string of the molecule is CCCC(C)(C)n1c(C)c(C(=O)O)c(C)cc1=O. The van der Waals surface area contributed by atoms with Crippen molar-refractivity contribution >= 4 is 5.97 Å². The molecular weight excluding hydrogens is 230 g/mol. The molecule has 0 saturated carbocycles. The van der Waals surface area contributed by atoms with Gasteiger partial charge in [0.1, 0.15) is 0 Å². The summed E-state index contributed by atoms with van der Waals surface area (Å²) < 4.78 is 1.60. The van der Waals surface area contributed by atoms with E-state index in [9.17, 15) is 14.7 Å². The highest BCUT2D eigenvalue weighted by molar-refractivity contribution is 5.90. The van der Waals surface area contributed by atoms with Crippen LogP contribution in [-0.2, 0) is 5.54 Å².